The van der Waals surface area contributed by atoms with Gasteiger partial charge in [0.15, 0.2) is 0 Å². The van der Waals surface area contributed by atoms with Gasteiger partial charge < -0.3 is 19.8 Å². The number of aryl methyl sites for hydroxylation is 1. The predicted molar refractivity (Wildman–Crippen MR) is 108 cm³/mol. The van der Waals surface area contributed by atoms with Crippen molar-refractivity contribution in [3.63, 3.8) is 0 Å². The van der Waals surface area contributed by atoms with Crippen molar-refractivity contribution in [2.75, 3.05) is 6.61 Å². The number of amides is 1. The van der Waals surface area contributed by atoms with Gasteiger partial charge in [-0.1, -0.05) is 12.1 Å². The zero-order valence-corrected chi connectivity index (χ0v) is 16.3. The van der Waals surface area contributed by atoms with E-state index in [0.717, 1.165) is 47.1 Å². The van der Waals surface area contributed by atoms with Crippen LogP contribution >= 0.6 is 0 Å². The van der Waals surface area contributed by atoms with E-state index >= 15 is 0 Å². The fourth-order valence-corrected chi connectivity index (χ4v) is 3.52. The van der Waals surface area contributed by atoms with Crippen molar-refractivity contribution in [2.24, 2.45) is 11.7 Å². The van der Waals surface area contributed by atoms with Crippen LogP contribution in [0.3, 0.4) is 0 Å². The van der Waals surface area contributed by atoms with E-state index in [4.69, 9.17) is 20.2 Å². The van der Waals surface area contributed by atoms with Crippen molar-refractivity contribution < 1.29 is 14.3 Å². The lowest BCUT2D eigenvalue weighted by atomic mass is 10.1. The third kappa shape index (κ3) is 3.81. The van der Waals surface area contributed by atoms with Crippen molar-refractivity contribution in [3.8, 4) is 11.5 Å². The molecule has 0 bridgehead atoms. The minimum Gasteiger partial charge on any atom is -0.494 e. The fourth-order valence-electron chi connectivity index (χ4n) is 3.52. The molecule has 2 N–H and O–H groups in total. The summed E-state index contributed by atoms with van der Waals surface area (Å²) in [4.78, 5) is 16.1. The summed E-state index contributed by atoms with van der Waals surface area (Å²) in [5, 5.41) is 0. The summed E-state index contributed by atoms with van der Waals surface area (Å²) in [6, 6.07) is 11.9. The molecular formula is C22H25N3O3. The van der Waals surface area contributed by atoms with Crippen LogP contribution in [0.5, 0.6) is 11.5 Å². The monoisotopic (exact) mass is 379 g/mol. The van der Waals surface area contributed by atoms with Crippen LogP contribution in [0.25, 0.3) is 11.0 Å². The Labute approximate surface area is 164 Å². The van der Waals surface area contributed by atoms with Crippen LogP contribution in [-0.2, 0) is 13.0 Å². The maximum atomic E-state index is 11.2. The molecule has 3 aromatic rings. The van der Waals surface area contributed by atoms with E-state index in [9.17, 15) is 4.79 Å². The highest BCUT2D eigenvalue weighted by atomic mass is 16.5. The first-order valence-corrected chi connectivity index (χ1v) is 9.73. The molecule has 1 amide bonds. The summed E-state index contributed by atoms with van der Waals surface area (Å²) in [7, 11) is 0. The number of hydrogen-bond acceptors (Lipinski definition) is 4. The van der Waals surface area contributed by atoms with Crippen LogP contribution in [-0.4, -0.2) is 22.3 Å². The number of carbonyl (C=O) groups is 1. The van der Waals surface area contributed by atoms with Gasteiger partial charge in [0.05, 0.1) is 17.6 Å². The highest BCUT2D eigenvalue weighted by molar-refractivity contribution is 5.83. The molecule has 0 radical (unpaired) electrons. The molecule has 1 aromatic heterocycles. The van der Waals surface area contributed by atoms with Crippen LogP contribution < -0.4 is 15.2 Å². The number of aromatic nitrogens is 2. The summed E-state index contributed by atoms with van der Waals surface area (Å²) in [5.41, 5.74) is 9.13. The van der Waals surface area contributed by atoms with Crippen molar-refractivity contribution in [1.29, 1.82) is 0 Å². The van der Waals surface area contributed by atoms with E-state index in [1.807, 2.05) is 32.0 Å². The maximum absolute atomic E-state index is 11.2. The van der Waals surface area contributed by atoms with Gasteiger partial charge in [0.1, 0.15) is 17.3 Å². The van der Waals surface area contributed by atoms with E-state index in [1.165, 1.54) is 18.4 Å². The molecular weight excluding hydrogens is 354 g/mol. The summed E-state index contributed by atoms with van der Waals surface area (Å²) >= 11 is 0. The first-order valence-electron chi connectivity index (χ1n) is 9.73. The molecule has 0 atom stereocenters. The van der Waals surface area contributed by atoms with Gasteiger partial charge in [-0.3, -0.25) is 0 Å². The average molecular weight is 379 g/mol. The van der Waals surface area contributed by atoms with E-state index in [0.29, 0.717) is 12.4 Å². The molecule has 0 aliphatic heterocycles. The van der Waals surface area contributed by atoms with Crippen LogP contribution in [0, 0.1) is 12.8 Å². The van der Waals surface area contributed by atoms with Crippen LogP contribution in [0.4, 0.5) is 4.79 Å². The Kier molecular flexibility index (Phi) is 4.94. The number of benzene rings is 2. The molecule has 1 aliphatic carbocycles. The quantitative estimate of drug-likeness (QED) is 0.667. The Bertz CT molecular complexity index is 1000. The Balaban J connectivity index is 1.71. The number of primary amides is 1. The summed E-state index contributed by atoms with van der Waals surface area (Å²) in [5.74, 6) is 3.08. The maximum Gasteiger partial charge on any atom is 0.409 e. The number of imidazole rings is 1. The number of nitrogens with zero attached hydrogens (tertiary/aromatic N) is 2. The van der Waals surface area contributed by atoms with Gasteiger partial charge in [-0.05, 0) is 62.4 Å². The highest BCUT2D eigenvalue weighted by Gasteiger charge is 2.25. The Morgan fingerprint density at radius 3 is 2.61 bits per heavy atom. The van der Waals surface area contributed by atoms with Crippen molar-refractivity contribution in [2.45, 2.75) is 39.7 Å². The second-order valence-corrected chi connectivity index (χ2v) is 7.31. The SMILES string of the molecule is CCOc1ccc(Cc2nc3c(C)c(OC(N)=O)ccc3n2CC2CC2)cc1. The van der Waals surface area contributed by atoms with Crippen LogP contribution in [0.2, 0.25) is 0 Å². The molecule has 1 fully saturated rings. The number of carbonyl (C=O) groups excluding carboxylic acids is 1. The molecule has 1 aliphatic rings. The molecule has 6 heteroatoms. The minimum atomic E-state index is -0.811. The van der Waals surface area contributed by atoms with Gasteiger partial charge in [-0.15, -0.1) is 0 Å². The molecule has 1 heterocycles. The second-order valence-electron chi connectivity index (χ2n) is 7.31. The molecule has 0 spiro atoms. The second kappa shape index (κ2) is 7.54. The van der Waals surface area contributed by atoms with Crippen molar-refractivity contribution in [1.82, 2.24) is 9.55 Å². The first-order chi connectivity index (χ1) is 13.5. The van der Waals surface area contributed by atoms with Crippen molar-refractivity contribution in [3.05, 3.63) is 53.3 Å². The zero-order chi connectivity index (χ0) is 19.7. The van der Waals surface area contributed by atoms with Crippen LogP contribution in [0.1, 0.15) is 36.7 Å². The molecule has 4 rings (SSSR count). The van der Waals surface area contributed by atoms with Gasteiger partial charge in [-0.25, -0.2) is 9.78 Å². The smallest absolute Gasteiger partial charge is 0.409 e. The summed E-state index contributed by atoms with van der Waals surface area (Å²) in [6.07, 6.45) is 2.46. The Hall–Kier alpha value is -3.02. The van der Waals surface area contributed by atoms with E-state index in [2.05, 4.69) is 16.7 Å². The van der Waals surface area contributed by atoms with Gasteiger partial charge in [0.2, 0.25) is 0 Å². The fraction of sp³-hybridized carbons (Fsp3) is 0.364. The lowest BCUT2D eigenvalue weighted by Crippen LogP contribution is -2.16. The van der Waals surface area contributed by atoms with E-state index in [1.54, 1.807) is 6.07 Å². The van der Waals surface area contributed by atoms with E-state index < -0.39 is 6.09 Å². The Morgan fingerprint density at radius 1 is 1.21 bits per heavy atom. The zero-order valence-electron chi connectivity index (χ0n) is 16.3. The summed E-state index contributed by atoms with van der Waals surface area (Å²) < 4.78 is 13.0. The largest absolute Gasteiger partial charge is 0.494 e. The molecule has 28 heavy (non-hydrogen) atoms. The van der Waals surface area contributed by atoms with Crippen molar-refractivity contribution >= 4 is 17.1 Å². The predicted octanol–water partition coefficient (Wildman–Crippen LogP) is 4.20. The van der Waals surface area contributed by atoms with Gasteiger partial charge in [0, 0.05) is 18.5 Å². The number of ether oxygens (including phenoxy) is 2. The minimum absolute atomic E-state index is 0.462. The molecule has 2 aromatic carbocycles. The first kappa shape index (κ1) is 18.3. The topological polar surface area (TPSA) is 79.4 Å². The summed E-state index contributed by atoms with van der Waals surface area (Å²) in [6.45, 7) is 5.52. The van der Waals surface area contributed by atoms with Gasteiger partial charge in [0.25, 0.3) is 0 Å². The number of nitrogens with two attached hydrogens (primary N) is 1. The Morgan fingerprint density at radius 2 is 1.96 bits per heavy atom. The lowest BCUT2D eigenvalue weighted by Gasteiger charge is -2.10. The molecule has 146 valence electrons. The molecule has 0 unspecified atom stereocenters. The molecule has 6 nitrogen and oxygen atoms in total. The molecule has 1 saturated carbocycles. The van der Waals surface area contributed by atoms with Crippen LogP contribution in [0.15, 0.2) is 36.4 Å². The average Bonchev–Trinajstić information content (AvgIpc) is 3.42. The van der Waals surface area contributed by atoms with Gasteiger partial charge in [-0.2, -0.15) is 0 Å². The lowest BCUT2D eigenvalue weighted by molar-refractivity contribution is 0.210. The normalized spacial score (nSPS) is 13.6. The number of fused-ring (bicyclic) bond motifs is 1. The highest BCUT2D eigenvalue weighted by Crippen LogP contribution is 2.35. The standard InChI is InChI=1S/C22H25N3O3/c1-3-27-17-8-6-15(7-9-17)12-20-24-21-14(2)19(28-22(23)26)11-10-18(21)25(20)13-16-4-5-16/h6-11,16H,3-5,12-13H2,1-2H3,(H2,23,26). The van der Waals surface area contributed by atoms with Gasteiger partial charge >= 0.3 is 6.09 Å². The molecule has 0 saturated heterocycles. The third-order valence-electron chi connectivity index (χ3n) is 5.15. The third-order valence-corrected chi connectivity index (χ3v) is 5.15. The van der Waals surface area contributed by atoms with E-state index in [-0.39, 0.29) is 0 Å². The number of hydrogen-bond donors (Lipinski definition) is 1. The number of rotatable bonds is 7.